The minimum atomic E-state index is -0.854. The lowest BCUT2D eigenvalue weighted by Crippen LogP contribution is -2.50. The molecule has 4 aliphatic heterocycles. The van der Waals surface area contributed by atoms with Crippen molar-refractivity contribution in [1.82, 2.24) is 34.8 Å². The summed E-state index contributed by atoms with van der Waals surface area (Å²) in [6, 6.07) is 21.1. The molecule has 0 aliphatic carbocycles. The van der Waals surface area contributed by atoms with Gasteiger partial charge in [0.2, 0.25) is 11.8 Å². The van der Waals surface area contributed by atoms with Crippen molar-refractivity contribution in [2.24, 2.45) is 5.92 Å². The van der Waals surface area contributed by atoms with Crippen molar-refractivity contribution in [2.75, 3.05) is 57.4 Å². The number of β-amino-alcohol motifs (C(OH)–C–C–N with tert-alkyl or cyclic N) is 1. The van der Waals surface area contributed by atoms with Gasteiger partial charge in [0.1, 0.15) is 17.8 Å². The second-order valence-electron chi connectivity index (χ2n) is 19.4. The maximum Gasteiger partial charge on any atom is 0.282 e. The smallest absolute Gasteiger partial charge is 0.282 e. The number of anilines is 1. The number of aromatic nitrogens is 4. The van der Waals surface area contributed by atoms with E-state index in [9.17, 15) is 19.5 Å². The number of benzene rings is 3. The second kappa shape index (κ2) is 18.2. The van der Waals surface area contributed by atoms with E-state index in [1.54, 1.807) is 22.3 Å². The molecule has 10 rings (SSSR count). The fourth-order valence-electron chi connectivity index (χ4n) is 10.7. The first-order valence-electron chi connectivity index (χ1n) is 23.4. The Balaban J connectivity index is 0.825. The standard InChI is InChI=1S/C51H57ClN8O6S/c1-29(2)44(49(64)59-26-35(61)24-41(59)47(62)54-38(27-57-19-21-65-22-20-57)32-9-11-33(12-10-32)46-30(3)53-28-67-46)42-25-43(56-66-42)58-17-15-31(16-18-58)34-13-14-39-36(23-34)51(4,5)50-55-48(63)45-37(52)7-6-8-40(45)60(39)50/h6-14,23,25,28-29,31,35,38,41,44,61H,15-22,24,26-27H2,1-5H3,(H,54,62)/t35-,38+,41+,44-/m1/s1. The molecule has 14 nitrogen and oxygen atoms in total. The highest BCUT2D eigenvalue weighted by Crippen LogP contribution is 2.45. The normalized spacial score (nSPS) is 20.6. The van der Waals surface area contributed by atoms with Crippen molar-refractivity contribution in [1.29, 1.82) is 0 Å². The Morgan fingerprint density at radius 2 is 1.78 bits per heavy atom. The number of hydrogen-bond donors (Lipinski definition) is 2. The first-order valence-corrected chi connectivity index (χ1v) is 24.7. The van der Waals surface area contributed by atoms with E-state index in [0.29, 0.717) is 53.5 Å². The number of nitrogens with one attached hydrogen (secondary N) is 1. The van der Waals surface area contributed by atoms with Crippen LogP contribution in [-0.2, 0) is 19.7 Å². The van der Waals surface area contributed by atoms with Crippen LogP contribution in [0, 0.1) is 12.8 Å². The van der Waals surface area contributed by atoms with Crippen LogP contribution in [0.1, 0.15) is 98.8 Å². The van der Waals surface area contributed by atoms with Gasteiger partial charge in [-0.25, -0.2) is 4.98 Å². The Morgan fingerprint density at radius 1 is 1.01 bits per heavy atom. The van der Waals surface area contributed by atoms with Crippen LogP contribution in [0.5, 0.6) is 0 Å². The zero-order valence-electron chi connectivity index (χ0n) is 38.6. The summed E-state index contributed by atoms with van der Waals surface area (Å²) in [6.45, 7) is 15.1. The van der Waals surface area contributed by atoms with Gasteiger partial charge in [-0.2, -0.15) is 4.98 Å². The number of thiazole rings is 1. The van der Waals surface area contributed by atoms with Crippen molar-refractivity contribution >= 4 is 51.5 Å². The van der Waals surface area contributed by atoms with E-state index in [-0.39, 0.29) is 42.3 Å². The highest BCUT2D eigenvalue weighted by molar-refractivity contribution is 7.13. The monoisotopic (exact) mass is 944 g/mol. The number of carbonyl (C=O) groups is 2. The fraction of sp³-hybridized carbons (Fsp3) is 0.451. The van der Waals surface area contributed by atoms with E-state index in [1.165, 1.54) is 5.56 Å². The predicted molar refractivity (Wildman–Crippen MR) is 259 cm³/mol. The molecule has 2 N–H and O–H groups in total. The Hall–Kier alpha value is -5.45. The molecule has 3 fully saturated rings. The van der Waals surface area contributed by atoms with Crippen molar-refractivity contribution in [3.8, 4) is 16.1 Å². The van der Waals surface area contributed by atoms with Gasteiger partial charge in [-0.3, -0.25) is 23.9 Å². The number of ether oxygens (including phenoxy) is 1. The molecule has 4 aliphatic rings. The molecular weight excluding hydrogens is 888 g/mol. The Labute approximate surface area is 398 Å². The largest absolute Gasteiger partial charge is 0.391 e. The fourth-order valence-corrected chi connectivity index (χ4v) is 11.8. The lowest BCUT2D eigenvalue weighted by molar-refractivity contribution is -0.141. The topological polar surface area (TPSA) is 159 Å². The molecule has 0 spiro atoms. The lowest BCUT2D eigenvalue weighted by Gasteiger charge is -2.33. The number of aryl methyl sites for hydroxylation is 1. The summed E-state index contributed by atoms with van der Waals surface area (Å²) < 4.78 is 13.7. The quantitative estimate of drug-likeness (QED) is 0.134. The number of piperidine rings is 1. The SMILES string of the molecule is Cc1ncsc1-c1ccc([C@H](CN2CCOCC2)NC(=O)[C@@H]2C[C@@H](O)CN2C(=O)[C@@H](c2cc(N3CCC(c4ccc5c(c4)C(C)(C)c4nc(=O)c6c(Cl)cccc6n4-5)CC3)no2)C(C)C)cc1. The molecule has 3 saturated heterocycles. The van der Waals surface area contributed by atoms with E-state index >= 15 is 0 Å². The number of nitrogens with zero attached hydrogens (tertiary/aromatic N) is 7. The van der Waals surface area contributed by atoms with Crippen LogP contribution < -0.4 is 15.8 Å². The highest BCUT2D eigenvalue weighted by atomic mass is 35.5. The van der Waals surface area contributed by atoms with Crippen LogP contribution in [0.3, 0.4) is 0 Å². The molecule has 0 unspecified atom stereocenters. The van der Waals surface area contributed by atoms with Crippen molar-refractivity contribution < 1.29 is 24.0 Å². The van der Waals surface area contributed by atoms with E-state index in [1.807, 2.05) is 44.5 Å². The summed E-state index contributed by atoms with van der Waals surface area (Å²) >= 11 is 8.10. The second-order valence-corrected chi connectivity index (χ2v) is 20.7. The van der Waals surface area contributed by atoms with Gasteiger partial charge in [-0.05, 0) is 85.9 Å². The molecule has 350 valence electrons. The maximum atomic E-state index is 14.7. The van der Waals surface area contributed by atoms with Crippen LogP contribution in [0.4, 0.5) is 5.82 Å². The third kappa shape index (κ3) is 8.47. The number of hydrogen-bond acceptors (Lipinski definition) is 12. The van der Waals surface area contributed by atoms with Gasteiger partial charge in [0, 0.05) is 51.8 Å². The zero-order chi connectivity index (χ0) is 46.7. The molecule has 7 heterocycles. The van der Waals surface area contributed by atoms with Crippen LogP contribution >= 0.6 is 22.9 Å². The van der Waals surface area contributed by atoms with Crippen LogP contribution in [0.15, 0.2) is 81.6 Å². The summed E-state index contributed by atoms with van der Waals surface area (Å²) in [5, 5.41) is 19.6. The number of aliphatic hydroxyl groups is 1. The number of carbonyl (C=O) groups excluding carboxylic acids is 2. The Bertz CT molecular complexity index is 2880. The van der Waals surface area contributed by atoms with Gasteiger partial charge in [0.25, 0.3) is 5.56 Å². The van der Waals surface area contributed by atoms with E-state index in [4.69, 9.17) is 20.9 Å². The highest BCUT2D eigenvalue weighted by Gasteiger charge is 2.44. The molecule has 3 aromatic carbocycles. The Morgan fingerprint density at radius 3 is 2.49 bits per heavy atom. The molecular formula is C51H57ClN8O6S. The van der Waals surface area contributed by atoms with Gasteiger partial charge in [-0.15, -0.1) is 11.3 Å². The third-order valence-electron chi connectivity index (χ3n) is 14.5. The van der Waals surface area contributed by atoms with Gasteiger partial charge in [0.05, 0.1) is 68.5 Å². The molecule has 67 heavy (non-hydrogen) atoms. The molecule has 0 radical (unpaired) electrons. The lowest BCUT2D eigenvalue weighted by atomic mass is 9.81. The van der Waals surface area contributed by atoms with E-state index in [2.05, 4.69) is 91.1 Å². The maximum absolute atomic E-state index is 14.7. The summed E-state index contributed by atoms with van der Waals surface area (Å²) in [6.07, 6.45) is 1.08. The molecule has 2 amide bonds. The minimum Gasteiger partial charge on any atom is -0.391 e. The summed E-state index contributed by atoms with van der Waals surface area (Å²) in [5.41, 5.74) is 8.20. The zero-order valence-corrected chi connectivity index (χ0v) is 40.1. The third-order valence-corrected chi connectivity index (χ3v) is 15.7. The summed E-state index contributed by atoms with van der Waals surface area (Å²) in [4.78, 5) is 58.3. The number of halogens is 1. The molecule has 0 bridgehead atoms. The average Bonchev–Trinajstić information content (AvgIpc) is 4.12. The molecule has 3 aromatic heterocycles. The van der Waals surface area contributed by atoms with Crippen molar-refractivity contribution in [3.63, 3.8) is 0 Å². The first-order chi connectivity index (χ1) is 32.3. The number of aliphatic hydroxyl groups excluding tert-OH is 1. The summed E-state index contributed by atoms with van der Waals surface area (Å²) in [5.74, 6) is 0.704. The molecule has 6 aromatic rings. The number of fused-ring (bicyclic) bond motifs is 5. The van der Waals surface area contributed by atoms with Crippen LogP contribution in [0.2, 0.25) is 5.02 Å². The molecule has 4 atom stereocenters. The average molecular weight is 946 g/mol. The molecule has 16 heteroatoms. The first kappa shape index (κ1) is 45.3. The van der Waals surface area contributed by atoms with Gasteiger partial charge < -0.3 is 29.5 Å². The van der Waals surface area contributed by atoms with Crippen LogP contribution in [0.25, 0.3) is 27.0 Å². The Kier molecular flexibility index (Phi) is 12.3. The van der Waals surface area contributed by atoms with Gasteiger partial charge >= 0.3 is 0 Å². The minimum absolute atomic E-state index is 0.0530. The number of likely N-dealkylation sites (tertiary alicyclic amines) is 1. The predicted octanol–water partition coefficient (Wildman–Crippen LogP) is 7.37. The van der Waals surface area contributed by atoms with Crippen LogP contribution in [-0.4, -0.2) is 111 Å². The summed E-state index contributed by atoms with van der Waals surface area (Å²) in [7, 11) is 0. The van der Waals surface area contributed by atoms with Crippen molar-refractivity contribution in [2.45, 2.75) is 89.3 Å². The number of rotatable bonds is 11. The van der Waals surface area contributed by atoms with Crippen molar-refractivity contribution in [3.05, 3.63) is 122 Å². The molecule has 0 saturated carbocycles. The number of amides is 2. The number of morpholine rings is 1. The van der Waals surface area contributed by atoms with Gasteiger partial charge in [-0.1, -0.05) is 73.1 Å². The van der Waals surface area contributed by atoms with E-state index in [0.717, 1.165) is 77.5 Å². The van der Waals surface area contributed by atoms with Gasteiger partial charge in [0.15, 0.2) is 11.6 Å². The van der Waals surface area contributed by atoms with E-state index < -0.39 is 23.5 Å².